The zero-order valence-corrected chi connectivity index (χ0v) is 31.3. The SMILES string of the molecule is CC(C)CCNC(=O)COc1ccc(-c2cc(OCC(=O)NCCC(C)C)cc(C(=O)NCCNC(=O)CCCC(=O)OCc3ccccc3)c2)cc1. The fraction of sp³-hybridized carbons (Fsp3) is 0.439. The summed E-state index contributed by atoms with van der Waals surface area (Å²) in [4.78, 5) is 62.1. The van der Waals surface area contributed by atoms with Gasteiger partial charge < -0.3 is 35.5 Å². The van der Waals surface area contributed by atoms with Gasteiger partial charge in [-0.15, -0.1) is 0 Å². The predicted molar refractivity (Wildman–Crippen MR) is 203 cm³/mol. The molecule has 3 aromatic rings. The van der Waals surface area contributed by atoms with Crippen LogP contribution in [-0.2, 0) is 30.5 Å². The van der Waals surface area contributed by atoms with E-state index in [2.05, 4.69) is 49.0 Å². The van der Waals surface area contributed by atoms with Gasteiger partial charge in [0.15, 0.2) is 13.2 Å². The largest absolute Gasteiger partial charge is 0.484 e. The summed E-state index contributed by atoms with van der Waals surface area (Å²) in [5.74, 6) is 0.333. The number of benzene rings is 3. The van der Waals surface area contributed by atoms with Gasteiger partial charge in [0.05, 0.1) is 0 Å². The van der Waals surface area contributed by atoms with Crippen molar-refractivity contribution in [2.45, 2.75) is 66.4 Å². The van der Waals surface area contributed by atoms with Crippen molar-refractivity contribution in [3.63, 3.8) is 0 Å². The van der Waals surface area contributed by atoms with E-state index in [1.807, 2.05) is 42.5 Å². The van der Waals surface area contributed by atoms with Crippen molar-refractivity contribution in [2.75, 3.05) is 39.4 Å². The van der Waals surface area contributed by atoms with Crippen molar-refractivity contribution in [3.8, 4) is 22.6 Å². The highest BCUT2D eigenvalue weighted by molar-refractivity contribution is 5.96. The van der Waals surface area contributed by atoms with Crippen LogP contribution in [0.2, 0.25) is 0 Å². The molecule has 0 fully saturated rings. The standard InChI is InChI=1S/C41H54N4O8/c1-29(2)17-19-42-38(47)27-51-35-15-13-32(14-16-35)33-23-34(25-36(24-33)52-28-39(48)43-20-18-30(3)4)41(50)45-22-21-44-37(46)11-8-12-40(49)53-26-31-9-6-5-7-10-31/h5-7,9-10,13-16,23-25,29-30H,8,11-12,17-22,26-28H2,1-4H3,(H,42,47)(H,43,48)(H,44,46)(H,45,50). The third kappa shape index (κ3) is 17.6. The lowest BCUT2D eigenvalue weighted by atomic mass is 10.0. The summed E-state index contributed by atoms with van der Waals surface area (Å²) in [7, 11) is 0. The maximum Gasteiger partial charge on any atom is 0.306 e. The van der Waals surface area contributed by atoms with Crippen molar-refractivity contribution >= 4 is 29.6 Å². The van der Waals surface area contributed by atoms with E-state index in [1.54, 1.807) is 30.3 Å². The Bertz CT molecular complexity index is 1610. The number of carbonyl (C=O) groups is 5. The molecule has 0 saturated carbocycles. The molecule has 0 bridgehead atoms. The minimum Gasteiger partial charge on any atom is -0.484 e. The molecule has 0 aromatic heterocycles. The van der Waals surface area contributed by atoms with E-state index in [-0.39, 0.29) is 69.4 Å². The molecule has 0 heterocycles. The second-order valence-corrected chi connectivity index (χ2v) is 13.5. The van der Waals surface area contributed by atoms with Gasteiger partial charge in [0.2, 0.25) is 5.91 Å². The number of nitrogens with one attached hydrogen (secondary N) is 4. The van der Waals surface area contributed by atoms with Crippen LogP contribution in [0.25, 0.3) is 11.1 Å². The average molecular weight is 731 g/mol. The van der Waals surface area contributed by atoms with Crippen LogP contribution in [0.5, 0.6) is 11.5 Å². The van der Waals surface area contributed by atoms with Gasteiger partial charge in [-0.05, 0) is 78.1 Å². The first-order chi connectivity index (χ1) is 25.5. The van der Waals surface area contributed by atoms with Gasteiger partial charge in [0.1, 0.15) is 18.1 Å². The molecule has 0 aliphatic rings. The summed E-state index contributed by atoms with van der Waals surface area (Å²) in [6.07, 6.45) is 2.36. The Balaban J connectivity index is 1.53. The molecule has 0 atom stereocenters. The van der Waals surface area contributed by atoms with Crippen LogP contribution in [-0.4, -0.2) is 69.0 Å². The Morgan fingerprint density at radius 3 is 1.79 bits per heavy atom. The Morgan fingerprint density at radius 1 is 0.585 bits per heavy atom. The molecule has 53 heavy (non-hydrogen) atoms. The maximum atomic E-state index is 13.2. The van der Waals surface area contributed by atoms with Crippen LogP contribution in [0.1, 0.15) is 75.7 Å². The molecule has 3 rings (SSSR count). The third-order valence-corrected chi connectivity index (χ3v) is 7.94. The first-order valence-corrected chi connectivity index (χ1v) is 18.3. The van der Waals surface area contributed by atoms with Crippen LogP contribution < -0.4 is 30.7 Å². The Kier molecular flexibility index (Phi) is 18.4. The van der Waals surface area contributed by atoms with Crippen LogP contribution in [0.3, 0.4) is 0 Å². The lowest BCUT2D eigenvalue weighted by Crippen LogP contribution is -2.34. The average Bonchev–Trinajstić information content (AvgIpc) is 3.14. The van der Waals surface area contributed by atoms with Gasteiger partial charge >= 0.3 is 5.97 Å². The van der Waals surface area contributed by atoms with Gasteiger partial charge in [0.25, 0.3) is 17.7 Å². The smallest absolute Gasteiger partial charge is 0.306 e. The highest BCUT2D eigenvalue weighted by Crippen LogP contribution is 2.28. The molecule has 3 aromatic carbocycles. The zero-order chi connectivity index (χ0) is 38.4. The molecule has 12 heteroatoms. The summed E-state index contributed by atoms with van der Waals surface area (Å²) in [5.41, 5.74) is 2.63. The Labute approximate surface area is 312 Å². The summed E-state index contributed by atoms with van der Waals surface area (Å²) >= 11 is 0. The van der Waals surface area contributed by atoms with Crippen molar-refractivity contribution in [1.29, 1.82) is 0 Å². The lowest BCUT2D eigenvalue weighted by molar-refractivity contribution is -0.145. The van der Waals surface area contributed by atoms with Crippen LogP contribution in [0, 0.1) is 11.8 Å². The molecule has 286 valence electrons. The second kappa shape index (κ2) is 23.2. The van der Waals surface area contributed by atoms with E-state index >= 15 is 0 Å². The highest BCUT2D eigenvalue weighted by Gasteiger charge is 2.14. The van der Waals surface area contributed by atoms with E-state index in [1.165, 1.54) is 0 Å². The zero-order valence-electron chi connectivity index (χ0n) is 31.3. The predicted octanol–water partition coefficient (Wildman–Crippen LogP) is 5.20. The van der Waals surface area contributed by atoms with Gasteiger partial charge in [0, 0.05) is 44.6 Å². The fourth-order valence-electron chi connectivity index (χ4n) is 4.90. The normalized spacial score (nSPS) is 10.8. The fourth-order valence-corrected chi connectivity index (χ4v) is 4.90. The first-order valence-electron chi connectivity index (χ1n) is 18.3. The van der Waals surface area contributed by atoms with Gasteiger partial charge in [-0.1, -0.05) is 70.2 Å². The lowest BCUT2D eigenvalue weighted by Gasteiger charge is -2.13. The molecule has 0 aliphatic carbocycles. The van der Waals surface area contributed by atoms with Crippen LogP contribution in [0.15, 0.2) is 72.8 Å². The van der Waals surface area contributed by atoms with Gasteiger partial charge in [-0.25, -0.2) is 0 Å². The van der Waals surface area contributed by atoms with Crippen molar-refractivity contribution in [2.24, 2.45) is 11.8 Å². The second-order valence-electron chi connectivity index (χ2n) is 13.5. The van der Waals surface area contributed by atoms with Crippen molar-refractivity contribution < 1.29 is 38.2 Å². The Hall–Kier alpha value is -5.39. The summed E-state index contributed by atoms with van der Waals surface area (Å²) in [5, 5.41) is 11.2. The van der Waals surface area contributed by atoms with Crippen molar-refractivity contribution in [1.82, 2.24) is 21.3 Å². The molecule has 4 N–H and O–H groups in total. The van der Waals surface area contributed by atoms with Crippen molar-refractivity contribution in [3.05, 3.63) is 83.9 Å². The molecule has 0 unspecified atom stereocenters. The number of hydrogen-bond acceptors (Lipinski definition) is 8. The molecule has 0 spiro atoms. The molecule has 0 aliphatic heterocycles. The van der Waals surface area contributed by atoms with E-state index in [4.69, 9.17) is 14.2 Å². The molecular weight excluding hydrogens is 676 g/mol. The summed E-state index contributed by atoms with van der Waals surface area (Å²) in [6, 6.07) is 21.5. The number of esters is 1. The monoisotopic (exact) mass is 730 g/mol. The summed E-state index contributed by atoms with van der Waals surface area (Å²) in [6.45, 7) is 9.71. The van der Waals surface area contributed by atoms with E-state index in [0.717, 1.165) is 24.0 Å². The number of ether oxygens (including phenoxy) is 3. The third-order valence-electron chi connectivity index (χ3n) is 7.94. The van der Waals surface area contributed by atoms with Gasteiger partial charge in [-0.2, -0.15) is 0 Å². The number of amides is 4. The number of carbonyl (C=O) groups excluding carboxylic acids is 5. The minimum atomic E-state index is -0.392. The maximum absolute atomic E-state index is 13.2. The van der Waals surface area contributed by atoms with Crippen LogP contribution >= 0.6 is 0 Å². The van der Waals surface area contributed by atoms with E-state index in [9.17, 15) is 24.0 Å². The molecular formula is C41H54N4O8. The minimum absolute atomic E-state index is 0.103. The topological polar surface area (TPSA) is 161 Å². The Morgan fingerprint density at radius 2 is 1.17 bits per heavy atom. The molecule has 4 amide bonds. The summed E-state index contributed by atoms with van der Waals surface area (Å²) < 4.78 is 16.7. The van der Waals surface area contributed by atoms with Crippen LogP contribution in [0.4, 0.5) is 0 Å². The van der Waals surface area contributed by atoms with E-state index < -0.39 is 5.91 Å². The highest BCUT2D eigenvalue weighted by atomic mass is 16.5. The van der Waals surface area contributed by atoms with E-state index in [0.29, 0.717) is 54.0 Å². The molecule has 12 nitrogen and oxygen atoms in total. The molecule has 0 saturated heterocycles. The van der Waals surface area contributed by atoms with Gasteiger partial charge in [-0.3, -0.25) is 24.0 Å². The quantitative estimate of drug-likeness (QED) is 0.0766. The molecule has 0 radical (unpaired) electrons. The number of rotatable bonds is 23. The number of hydrogen-bond donors (Lipinski definition) is 4. The first kappa shape index (κ1) is 42.0.